The summed E-state index contributed by atoms with van der Waals surface area (Å²) in [5.74, 6) is -0.145. The summed E-state index contributed by atoms with van der Waals surface area (Å²) >= 11 is 0. The van der Waals surface area contributed by atoms with Crippen LogP contribution in [0.4, 0.5) is 0 Å². The van der Waals surface area contributed by atoms with E-state index in [1.807, 2.05) is 24.3 Å². The summed E-state index contributed by atoms with van der Waals surface area (Å²) in [6, 6.07) is 7.58. The van der Waals surface area contributed by atoms with Crippen LogP contribution in [0, 0.1) is 5.92 Å². The highest BCUT2D eigenvalue weighted by Gasteiger charge is 2.22. The standard InChI is InChI=1S/C15H22O5/c1-11(15(17)19-3)14(16)8-9-20-10-12-4-6-13(18-2)7-5-12/h4-7,11,14,16H,8-10H2,1-3H3/t11-,14+/m0/s1. The van der Waals surface area contributed by atoms with Crippen LogP contribution in [-0.4, -0.2) is 38.0 Å². The molecule has 0 saturated heterocycles. The molecule has 5 heteroatoms. The fraction of sp³-hybridized carbons (Fsp3) is 0.533. The van der Waals surface area contributed by atoms with Crippen LogP contribution in [0.5, 0.6) is 5.75 Å². The molecule has 1 N–H and O–H groups in total. The van der Waals surface area contributed by atoms with Crippen LogP contribution in [0.25, 0.3) is 0 Å². The zero-order valence-corrected chi connectivity index (χ0v) is 12.2. The smallest absolute Gasteiger partial charge is 0.311 e. The summed E-state index contributed by atoms with van der Waals surface area (Å²) in [7, 11) is 2.93. The van der Waals surface area contributed by atoms with Gasteiger partial charge in [0.1, 0.15) is 5.75 Å². The van der Waals surface area contributed by atoms with Gasteiger partial charge in [0, 0.05) is 6.61 Å². The number of carbonyl (C=O) groups is 1. The van der Waals surface area contributed by atoms with Crippen LogP contribution < -0.4 is 4.74 Å². The van der Waals surface area contributed by atoms with Gasteiger partial charge in [0.15, 0.2) is 0 Å². The molecule has 0 aromatic heterocycles. The molecule has 0 aliphatic heterocycles. The van der Waals surface area contributed by atoms with E-state index in [1.165, 1.54) is 7.11 Å². The Morgan fingerprint density at radius 3 is 2.45 bits per heavy atom. The lowest BCUT2D eigenvalue weighted by atomic mass is 10.0. The molecule has 0 radical (unpaired) electrons. The van der Waals surface area contributed by atoms with Crippen LogP contribution in [0.15, 0.2) is 24.3 Å². The zero-order valence-electron chi connectivity index (χ0n) is 12.2. The van der Waals surface area contributed by atoms with Crippen LogP contribution in [0.3, 0.4) is 0 Å². The third kappa shape index (κ3) is 5.19. The third-order valence-corrected chi connectivity index (χ3v) is 3.14. The van der Waals surface area contributed by atoms with Gasteiger partial charge in [-0.05, 0) is 31.0 Å². The first-order valence-corrected chi connectivity index (χ1v) is 6.55. The number of hydrogen-bond acceptors (Lipinski definition) is 5. The van der Waals surface area contributed by atoms with E-state index in [2.05, 4.69) is 4.74 Å². The first-order chi connectivity index (χ1) is 9.58. The Labute approximate surface area is 119 Å². The van der Waals surface area contributed by atoms with Crippen molar-refractivity contribution in [3.63, 3.8) is 0 Å². The summed E-state index contributed by atoms with van der Waals surface area (Å²) in [5.41, 5.74) is 1.03. The maximum Gasteiger partial charge on any atom is 0.311 e. The fourth-order valence-corrected chi connectivity index (χ4v) is 1.71. The summed E-state index contributed by atoms with van der Waals surface area (Å²) < 4.78 is 15.1. The number of methoxy groups -OCH3 is 2. The molecule has 0 unspecified atom stereocenters. The van der Waals surface area contributed by atoms with Crippen molar-refractivity contribution in [2.24, 2.45) is 5.92 Å². The number of ether oxygens (including phenoxy) is 3. The van der Waals surface area contributed by atoms with Crippen molar-refractivity contribution in [3.8, 4) is 5.75 Å². The van der Waals surface area contributed by atoms with Gasteiger partial charge in [-0.2, -0.15) is 0 Å². The number of aliphatic hydroxyl groups is 1. The highest BCUT2D eigenvalue weighted by atomic mass is 16.5. The number of benzene rings is 1. The number of hydrogen-bond donors (Lipinski definition) is 1. The number of esters is 1. The van der Waals surface area contributed by atoms with Crippen molar-refractivity contribution in [3.05, 3.63) is 29.8 Å². The van der Waals surface area contributed by atoms with Gasteiger partial charge in [0.2, 0.25) is 0 Å². The van der Waals surface area contributed by atoms with Gasteiger partial charge in [-0.25, -0.2) is 0 Å². The first-order valence-electron chi connectivity index (χ1n) is 6.55. The Hall–Kier alpha value is -1.59. The van der Waals surface area contributed by atoms with Crippen molar-refractivity contribution in [1.82, 2.24) is 0 Å². The third-order valence-electron chi connectivity index (χ3n) is 3.14. The first kappa shape index (κ1) is 16.5. The molecule has 0 bridgehead atoms. The summed E-state index contributed by atoms with van der Waals surface area (Å²) in [5, 5.41) is 9.79. The Morgan fingerprint density at radius 2 is 1.90 bits per heavy atom. The van der Waals surface area contributed by atoms with E-state index in [9.17, 15) is 9.90 Å². The molecule has 0 aliphatic rings. The molecule has 5 nitrogen and oxygen atoms in total. The second-order valence-electron chi connectivity index (χ2n) is 4.57. The van der Waals surface area contributed by atoms with Crippen molar-refractivity contribution in [2.75, 3.05) is 20.8 Å². The molecular weight excluding hydrogens is 260 g/mol. The quantitative estimate of drug-likeness (QED) is 0.581. The van der Waals surface area contributed by atoms with Gasteiger partial charge in [-0.1, -0.05) is 12.1 Å². The Kier molecular flexibility index (Phi) is 7.04. The highest BCUT2D eigenvalue weighted by molar-refractivity contribution is 5.72. The monoisotopic (exact) mass is 282 g/mol. The van der Waals surface area contributed by atoms with Crippen molar-refractivity contribution in [1.29, 1.82) is 0 Å². The number of aliphatic hydroxyl groups excluding tert-OH is 1. The van der Waals surface area contributed by atoms with Crippen molar-refractivity contribution < 1.29 is 24.1 Å². The van der Waals surface area contributed by atoms with E-state index in [4.69, 9.17) is 9.47 Å². The second-order valence-corrected chi connectivity index (χ2v) is 4.57. The topological polar surface area (TPSA) is 65.0 Å². The normalized spacial score (nSPS) is 13.6. The lowest BCUT2D eigenvalue weighted by Crippen LogP contribution is -2.27. The van der Waals surface area contributed by atoms with E-state index < -0.39 is 18.0 Å². The SMILES string of the molecule is COC(=O)[C@@H](C)[C@H](O)CCOCc1ccc(OC)cc1. The minimum atomic E-state index is -0.752. The molecule has 1 aromatic carbocycles. The predicted octanol–water partition coefficient (Wildman–Crippen LogP) is 1.77. The Bertz CT molecular complexity index is 401. The molecule has 20 heavy (non-hydrogen) atoms. The molecule has 0 amide bonds. The summed E-state index contributed by atoms with van der Waals surface area (Å²) in [6.07, 6.45) is -0.356. The van der Waals surface area contributed by atoms with Crippen LogP contribution in [0.1, 0.15) is 18.9 Å². The maximum atomic E-state index is 11.2. The molecule has 0 spiro atoms. The molecule has 0 heterocycles. The molecule has 1 rings (SSSR count). The summed E-state index contributed by atoms with van der Waals surface area (Å²) in [6.45, 7) is 2.48. The Morgan fingerprint density at radius 1 is 1.25 bits per heavy atom. The number of rotatable bonds is 8. The molecule has 0 saturated carbocycles. The highest BCUT2D eigenvalue weighted by Crippen LogP contribution is 2.13. The minimum absolute atomic E-state index is 0.383. The minimum Gasteiger partial charge on any atom is -0.497 e. The van der Waals surface area contributed by atoms with E-state index in [1.54, 1.807) is 14.0 Å². The molecule has 112 valence electrons. The van der Waals surface area contributed by atoms with Gasteiger partial charge in [-0.15, -0.1) is 0 Å². The van der Waals surface area contributed by atoms with Crippen molar-refractivity contribution >= 4 is 5.97 Å². The molecular formula is C15H22O5. The Balaban J connectivity index is 2.25. The van der Waals surface area contributed by atoms with Gasteiger partial charge >= 0.3 is 5.97 Å². The molecule has 0 aliphatic carbocycles. The van der Waals surface area contributed by atoms with E-state index >= 15 is 0 Å². The van der Waals surface area contributed by atoms with Crippen LogP contribution >= 0.6 is 0 Å². The average Bonchev–Trinajstić information content (AvgIpc) is 2.50. The van der Waals surface area contributed by atoms with E-state index in [0.717, 1.165) is 11.3 Å². The van der Waals surface area contributed by atoms with Gasteiger partial charge < -0.3 is 19.3 Å². The number of carbonyl (C=O) groups excluding carboxylic acids is 1. The van der Waals surface area contributed by atoms with Crippen LogP contribution in [-0.2, 0) is 20.9 Å². The molecule has 1 aromatic rings. The second kappa shape index (κ2) is 8.55. The lowest BCUT2D eigenvalue weighted by Gasteiger charge is -2.16. The summed E-state index contributed by atoms with van der Waals surface area (Å²) in [4.78, 5) is 11.2. The average molecular weight is 282 g/mol. The molecule has 0 fully saturated rings. The zero-order chi connectivity index (χ0) is 15.0. The van der Waals surface area contributed by atoms with Gasteiger partial charge in [0.05, 0.1) is 32.8 Å². The van der Waals surface area contributed by atoms with Crippen LogP contribution in [0.2, 0.25) is 0 Å². The van der Waals surface area contributed by atoms with Crippen molar-refractivity contribution in [2.45, 2.75) is 26.1 Å². The van der Waals surface area contributed by atoms with Gasteiger partial charge in [0.25, 0.3) is 0 Å². The van der Waals surface area contributed by atoms with E-state index in [-0.39, 0.29) is 0 Å². The maximum absolute atomic E-state index is 11.2. The largest absolute Gasteiger partial charge is 0.497 e. The molecule has 2 atom stereocenters. The fourth-order valence-electron chi connectivity index (χ4n) is 1.71. The van der Waals surface area contributed by atoms with E-state index in [0.29, 0.717) is 19.6 Å². The van der Waals surface area contributed by atoms with Gasteiger partial charge in [-0.3, -0.25) is 4.79 Å². The lowest BCUT2D eigenvalue weighted by molar-refractivity contribution is -0.149. The predicted molar refractivity (Wildman–Crippen MR) is 74.5 cm³/mol.